The lowest BCUT2D eigenvalue weighted by molar-refractivity contribution is 0.724. The molecule has 74 valence electrons. The van der Waals surface area contributed by atoms with Gasteiger partial charge in [0.1, 0.15) is 5.82 Å². The van der Waals surface area contributed by atoms with Gasteiger partial charge in [0.2, 0.25) is 0 Å². The van der Waals surface area contributed by atoms with Crippen LogP contribution >= 0.6 is 0 Å². The number of hydrogen-bond donors (Lipinski definition) is 1. The molecule has 0 aliphatic carbocycles. The smallest absolute Gasteiger partial charge is 0.125 e. The molecule has 1 aromatic carbocycles. The number of benzene rings is 1. The Hall–Kier alpha value is -1.71. The molecule has 0 saturated carbocycles. The van der Waals surface area contributed by atoms with Gasteiger partial charge in [0.25, 0.3) is 0 Å². The van der Waals surface area contributed by atoms with Crippen molar-refractivity contribution in [1.29, 1.82) is 0 Å². The van der Waals surface area contributed by atoms with Crippen molar-refractivity contribution in [3.8, 4) is 0 Å². The predicted octanol–water partition coefficient (Wildman–Crippen LogP) is 1.12. The molecular weight excluding hydrogens is 176 g/mol. The van der Waals surface area contributed by atoms with Crippen LogP contribution < -0.4 is 10.7 Å². The molecular formula is C10H14N4. The molecule has 0 unspecified atom stereocenters. The molecule has 2 N–H and O–H groups in total. The number of nitrogen functional groups attached to an aromatic ring is 1. The van der Waals surface area contributed by atoms with E-state index in [1.165, 1.54) is 0 Å². The van der Waals surface area contributed by atoms with Crippen LogP contribution in [0, 0.1) is 6.92 Å². The Morgan fingerprint density at radius 3 is 2.71 bits per heavy atom. The van der Waals surface area contributed by atoms with Crippen LogP contribution in [0.5, 0.6) is 0 Å². The molecule has 0 bridgehead atoms. The maximum absolute atomic E-state index is 5.70. The highest BCUT2D eigenvalue weighted by molar-refractivity contribution is 5.79. The fourth-order valence-corrected chi connectivity index (χ4v) is 1.71. The molecule has 1 heterocycles. The molecule has 14 heavy (non-hydrogen) atoms. The van der Waals surface area contributed by atoms with Crippen LogP contribution in [-0.2, 0) is 0 Å². The Balaban J connectivity index is 2.77. The molecule has 4 nitrogen and oxygen atoms in total. The van der Waals surface area contributed by atoms with Gasteiger partial charge in [-0.3, -0.25) is 0 Å². The quantitative estimate of drug-likeness (QED) is 0.685. The van der Waals surface area contributed by atoms with E-state index in [0.717, 1.165) is 22.5 Å². The molecule has 0 spiro atoms. The molecule has 2 rings (SSSR count). The number of nitrogens with zero attached hydrogens (tertiary/aromatic N) is 3. The van der Waals surface area contributed by atoms with Crippen LogP contribution in [0.3, 0.4) is 0 Å². The topological polar surface area (TPSA) is 47.1 Å². The minimum Gasteiger partial charge on any atom is -0.399 e. The second-order valence-electron chi connectivity index (χ2n) is 3.57. The Morgan fingerprint density at radius 1 is 1.36 bits per heavy atom. The summed E-state index contributed by atoms with van der Waals surface area (Å²) in [5, 5.41) is 2.00. The lowest BCUT2D eigenvalue weighted by atomic mass is 10.3. The summed E-state index contributed by atoms with van der Waals surface area (Å²) >= 11 is 0. The molecule has 1 aromatic heterocycles. The van der Waals surface area contributed by atoms with Crippen molar-refractivity contribution < 1.29 is 0 Å². The normalized spacial score (nSPS) is 10.8. The van der Waals surface area contributed by atoms with Crippen LogP contribution in [0.25, 0.3) is 11.0 Å². The predicted molar refractivity (Wildman–Crippen MR) is 58.9 cm³/mol. The zero-order valence-corrected chi connectivity index (χ0v) is 8.65. The van der Waals surface area contributed by atoms with Gasteiger partial charge in [-0.15, -0.1) is 0 Å². The molecule has 0 aliphatic rings. The van der Waals surface area contributed by atoms with E-state index in [1.807, 2.05) is 44.2 Å². The summed E-state index contributed by atoms with van der Waals surface area (Å²) in [6.07, 6.45) is 0. The summed E-state index contributed by atoms with van der Waals surface area (Å²) in [5.74, 6) is 0.968. The Bertz CT molecular complexity index is 470. The SMILES string of the molecule is Cc1nc2cc(N)ccc2n1N(C)C. The van der Waals surface area contributed by atoms with E-state index in [2.05, 4.69) is 9.66 Å². The third-order valence-electron chi connectivity index (χ3n) is 2.22. The van der Waals surface area contributed by atoms with Crippen molar-refractivity contribution in [2.75, 3.05) is 24.8 Å². The van der Waals surface area contributed by atoms with Gasteiger partial charge in [0.05, 0.1) is 11.0 Å². The largest absolute Gasteiger partial charge is 0.399 e. The maximum Gasteiger partial charge on any atom is 0.125 e. The minimum atomic E-state index is 0.751. The first-order chi connectivity index (χ1) is 6.59. The van der Waals surface area contributed by atoms with Crippen molar-refractivity contribution >= 4 is 16.7 Å². The van der Waals surface area contributed by atoms with Gasteiger partial charge in [-0.1, -0.05) is 0 Å². The van der Waals surface area contributed by atoms with E-state index >= 15 is 0 Å². The highest BCUT2D eigenvalue weighted by Gasteiger charge is 2.07. The molecule has 0 aliphatic heterocycles. The second-order valence-corrected chi connectivity index (χ2v) is 3.57. The summed E-state index contributed by atoms with van der Waals surface area (Å²) in [6, 6.07) is 5.77. The van der Waals surface area contributed by atoms with E-state index in [9.17, 15) is 0 Å². The Labute approximate surface area is 82.9 Å². The van der Waals surface area contributed by atoms with Gasteiger partial charge in [0, 0.05) is 19.8 Å². The maximum atomic E-state index is 5.70. The number of imidazole rings is 1. The summed E-state index contributed by atoms with van der Waals surface area (Å²) in [7, 11) is 3.98. The average molecular weight is 190 g/mol. The highest BCUT2D eigenvalue weighted by atomic mass is 15.5. The number of nitrogens with two attached hydrogens (primary N) is 1. The Kier molecular flexibility index (Phi) is 1.84. The molecule has 4 heteroatoms. The third kappa shape index (κ3) is 1.19. The average Bonchev–Trinajstić information content (AvgIpc) is 2.39. The molecule has 0 saturated heterocycles. The van der Waals surface area contributed by atoms with E-state index in [4.69, 9.17) is 5.73 Å². The monoisotopic (exact) mass is 190 g/mol. The summed E-state index contributed by atoms with van der Waals surface area (Å²) in [6.45, 7) is 1.98. The fraction of sp³-hybridized carbons (Fsp3) is 0.300. The van der Waals surface area contributed by atoms with E-state index < -0.39 is 0 Å². The summed E-state index contributed by atoms with van der Waals surface area (Å²) in [5.41, 5.74) is 8.47. The molecule has 0 atom stereocenters. The van der Waals surface area contributed by atoms with Gasteiger partial charge in [-0.2, -0.15) is 0 Å². The van der Waals surface area contributed by atoms with Crippen molar-refractivity contribution in [2.24, 2.45) is 0 Å². The summed E-state index contributed by atoms with van der Waals surface area (Å²) in [4.78, 5) is 4.44. The van der Waals surface area contributed by atoms with Crippen molar-refractivity contribution in [3.05, 3.63) is 24.0 Å². The number of aromatic nitrogens is 2. The van der Waals surface area contributed by atoms with Crippen molar-refractivity contribution in [3.63, 3.8) is 0 Å². The lowest BCUT2D eigenvalue weighted by Gasteiger charge is -2.16. The molecule has 2 aromatic rings. The van der Waals surface area contributed by atoms with Gasteiger partial charge < -0.3 is 10.7 Å². The van der Waals surface area contributed by atoms with Crippen LogP contribution in [0.4, 0.5) is 5.69 Å². The van der Waals surface area contributed by atoms with E-state index in [1.54, 1.807) is 0 Å². The number of anilines is 1. The van der Waals surface area contributed by atoms with Crippen LogP contribution in [0.1, 0.15) is 5.82 Å². The first-order valence-electron chi connectivity index (χ1n) is 4.52. The van der Waals surface area contributed by atoms with Gasteiger partial charge in [-0.05, 0) is 25.1 Å². The zero-order chi connectivity index (χ0) is 10.3. The van der Waals surface area contributed by atoms with E-state index in [0.29, 0.717) is 0 Å². The number of hydrogen-bond acceptors (Lipinski definition) is 3. The van der Waals surface area contributed by atoms with Gasteiger partial charge >= 0.3 is 0 Å². The third-order valence-corrected chi connectivity index (χ3v) is 2.22. The van der Waals surface area contributed by atoms with Gasteiger partial charge in [0.15, 0.2) is 0 Å². The number of aryl methyl sites for hydroxylation is 1. The minimum absolute atomic E-state index is 0.751. The first kappa shape index (κ1) is 8.87. The van der Waals surface area contributed by atoms with Crippen LogP contribution in [-0.4, -0.2) is 23.8 Å². The van der Waals surface area contributed by atoms with Crippen LogP contribution in [0.15, 0.2) is 18.2 Å². The molecule has 0 fully saturated rings. The van der Waals surface area contributed by atoms with Crippen molar-refractivity contribution in [1.82, 2.24) is 9.66 Å². The van der Waals surface area contributed by atoms with Crippen molar-refractivity contribution in [2.45, 2.75) is 6.92 Å². The summed E-state index contributed by atoms with van der Waals surface area (Å²) < 4.78 is 2.05. The first-order valence-corrected chi connectivity index (χ1v) is 4.52. The molecule has 0 amide bonds. The van der Waals surface area contributed by atoms with E-state index in [-0.39, 0.29) is 0 Å². The highest BCUT2D eigenvalue weighted by Crippen LogP contribution is 2.18. The van der Waals surface area contributed by atoms with Gasteiger partial charge in [-0.25, -0.2) is 9.66 Å². The number of rotatable bonds is 1. The zero-order valence-electron chi connectivity index (χ0n) is 8.65. The standard InChI is InChI=1S/C10H14N4/c1-7-12-9-6-8(11)4-5-10(9)14(7)13(2)3/h4-6H,11H2,1-3H3. The fourth-order valence-electron chi connectivity index (χ4n) is 1.71. The molecule has 0 radical (unpaired) electrons. The Morgan fingerprint density at radius 2 is 2.07 bits per heavy atom. The van der Waals surface area contributed by atoms with Crippen LogP contribution in [0.2, 0.25) is 0 Å². The second kappa shape index (κ2) is 2.90. The lowest BCUT2D eigenvalue weighted by Crippen LogP contribution is -2.25. The number of fused-ring (bicyclic) bond motifs is 1.